The van der Waals surface area contributed by atoms with Crippen molar-refractivity contribution >= 4 is 11.9 Å². The molecule has 0 saturated heterocycles. The van der Waals surface area contributed by atoms with Gasteiger partial charge in [-0.2, -0.15) is 4.68 Å². The van der Waals surface area contributed by atoms with Crippen molar-refractivity contribution in [3.05, 3.63) is 35.0 Å². The topological polar surface area (TPSA) is 100 Å². The minimum absolute atomic E-state index is 0.427. The molecule has 1 unspecified atom stereocenters. The highest BCUT2D eigenvalue weighted by atomic mass is 16.5. The Bertz CT molecular complexity index is 845. The number of hydrogen-bond donors (Lipinski definition) is 1. The lowest BCUT2D eigenvalue weighted by molar-refractivity contribution is -0.136. The molecule has 9 heteroatoms. The van der Waals surface area contributed by atoms with Crippen molar-refractivity contribution in [3.63, 3.8) is 0 Å². The van der Waals surface area contributed by atoms with Crippen molar-refractivity contribution in [2.75, 3.05) is 26.1 Å². The van der Waals surface area contributed by atoms with Gasteiger partial charge in [-0.1, -0.05) is 18.1 Å². The average molecular weight is 359 g/mol. The molecule has 0 spiro atoms. The molecule has 1 aliphatic heterocycles. The predicted molar refractivity (Wildman–Crippen MR) is 93.1 cm³/mol. The van der Waals surface area contributed by atoms with Crippen LogP contribution in [0.3, 0.4) is 0 Å². The Hall–Kier alpha value is -3.10. The van der Waals surface area contributed by atoms with Crippen LogP contribution in [0.15, 0.2) is 29.5 Å². The summed E-state index contributed by atoms with van der Waals surface area (Å²) in [4.78, 5) is 12.4. The number of nitrogens with zero attached hydrogens (tertiary/aromatic N) is 4. The van der Waals surface area contributed by atoms with E-state index >= 15 is 0 Å². The summed E-state index contributed by atoms with van der Waals surface area (Å²) in [6, 6.07) is 4.97. The van der Waals surface area contributed by atoms with E-state index in [4.69, 9.17) is 14.2 Å². The number of carbonyl (C=O) groups excluding carboxylic acids is 1. The molecule has 9 nitrogen and oxygen atoms in total. The number of nitrogens with one attached hydrogen (secondary N) is 1. The second-order valence-corrected chi connectivity index (χ2v) is 5.76. The smallest absolute Gasteiger partial charge is 0.338 e. The molecule has 0 fully saturated rings. The molecule has 2 aromatic rings. The number of tetrazole rings is 1. The maximum absolute atomic E-state index is 12.4. The maximum Gasteiger partial charge on any atom is 0.338 e. The molecule has 0 amide bonds. The summed E-state index contributed by atoms with van der Waals surface area (Å²) < 4.78 is 17.7. The van der Waals surface area contributed by atoms with Crippen LogP contribution in [-0.4, -0.2) is 47.0 Å². The van der Waals surface area contributed by atoms with Gasteiger partial charge in [-0.05, 0) is 41.5 Å². The standard InChI is InChI=1S/C17H21N5O4/c1-5-8-26-12-7-6-11(9-13(12)24-3)15-14(16(23)25-4)10(2)18-17-19-20-21-22(15)17/h6-7,9,15H,5,8H2,1-4H3,(H,18,19,21). The number of benzene rings is 1. The van der Waals surface area contributed by atoms with Gasteiger partial charge in [0.1, 0.15) is 6.04 Å². The van der Waals surface area contributed by atoms with E-state index in [1.54, 1.807) is 18.7 Å². The van der Waals surface area contributed by atoms with Gasteiger partial charge < -0.3 is 19.5 Å². The Kier molecular flexibility index (Phi) is 5.06. The van der Waals surface area contributed by atoms with Gasteiger partial charge in [0, 0.05) is 5.70 Å². The first-order chi connectivity index (χ1) is 12.6. The summed E-state index contributed by atoms with van der Waals surface area (Å²) in [6.07, 6.45) is 0.890. The van der Waals surface area contributed by atoms with E-state index in [1.807, 2.05) is 25.1 Å². The summed E-state index contributed by atoms with van der Waals surface area (Å²) in [7, 11) is 2.92. The van der Waals surface area contributed by atoms with Crippen LogP contribution in [0.5, 0.6) is 11.5 Å². The third-order valence-corrected chi connectivity index (χ3v) is 4.08. The molecule has 3 rings (SSSR count). The largest absolute Gasteiger partial charge is 0.493 e. The van der Waals surface area contributed by atoms with Crippen LogP contribution >= 0.6 is 0 Å². The summed E-state index contributed by atoms with van der Waals surface area (Å²) in [6.45, 7) is 4.41. The lowest BCUT2D eigenvalue weighted by atomic mass is 9.95. The first-order valence-corrected chi connectivity index (χ1v) is 8.25. The van der Waals surface area contributed by atoms with Crippen molar-refractivity contribution in [1.82, 2.24) is 20.2 Å². The number of methoxy groups -OCH3 is 2. The molecular formula is C17H21N5O4. The fourth-order valence-electron chi connectivity index (χ4n) is 2.88. The number of aromatic nitrogens is 4. The first kappa shape index (κ1) is 17.7. The molecule has 1 atom stereocenters. The maximum atomic E-state index is 12.4. The van der Waals surface area contributed by atoms with E-state index in [1.165, 1.54) is 7.11 Å². The number of hydrogen-bond acceptors (Lipinski definition) is 8. The molecule has 1 aromatic carbocycles. The SMILES string of the molecule is CCCOc1ccc(C2C(C(=O)OC)=C(C)Nc3nnnn32)cc1OC. The number of rotatable bonds is 6. The van der Waals surface area contributed by atoms with Gasteiger partial charge in [-0.25, -0.2) is 4.79 Å². The van der Waals surface area contributed by atoms with E-state index in [-0.39, 0.29) is 0 Å². The highest BCUT2D eigenvalue weighted by molar-refractivity contribution is 5.92. The Morgan fingerprint density at radius 3 is 2.81 bits per heavy atom. The normalized spacial score (nSPS) is 15.9. The van der Waals surface area contributed by atoms with E-state index in [0.717, 1.165) is 12.0 Å². The van der Waals surface area contributed by atoms with Crippen molar-refractivity contribution in [3.8, 4) is 11.5 Å². The highest BCUT2D eigenvalue weighted by Crippen LogP contribution is 2.38. The molecule has 0 bridgehead atoms. The van der Waals surface area contributed by atoms with Crippen molar-refractivity contribution in [2.45, 2.75) is 26.3 Å². The number of fused-ring (bicyclic) bond motifs is 1. The number of ether oxygens (including phenoxy) is 3. The number of carbonyl (C=O) groups is 1. The van der Waals surface area contributed by atoms with Gasteiger partial charge in [-0.3, -0.25) is 0 Å². The Labute approximate surface area is 150 Å². The molecular weight excluding hydrogens is 338 g/mol. The lowest BCUT2D eigenvalue weighted by Crippen LogP contribution is -2.29. The van der Waals surface area contributed by atoms with E-state index < -0.39 is 12.0 Å². The zero-order valence-electron chi connectivity index (χ0n) is 15.1. The molecule has 1 N–H and O–H groups in total. The van der Waals surface area contributed by atoms with Crippen LogP contribution in [-0.2, 0) is 9.53 Å². The molecule has 1 aromatic heterocycles. The summed E-state index contributed by atoms with van der Waals surface area (Å²) >= 11 is 0. The number of anilines is 1. The van der Waals surface area contributed by atoms with Gasteiger partial charge in [-0.15, -0.1) is 0 Å². The second kappa shape index (κ2) is 7.42. The summed E-state index contributed by atoms with van der Waals surface area (Å²) in [5.41, 5.74) is 1.84. The zero-order valence-corrected chi connectivity index (χ0v) is 15.1. The van der Waals surface area contributed by atoms with Crippen LogP contribution in [0.4, 0.5) is 5.95 Å². The summed E-state index contributed by atoms with van der Waals surface area (Å²) in [5.74, 6) is 1.21. The third kappa shape index (κ3) is 3.07. The van der Waals surface area contributed by atoms with Gasteiger partial charge in [0.05, 0.1) is 26.4 Å². The minimum atomic E-state index is -0.539. The van der Waals surface area contributed by atoms with E-state index in [0.29, 0.717) is 35.3 Å². The van der Waals surface area contributed by atoms with E-state index in [9.17, 15) is 4.79 Å². The summed E-state index contributed by atoms with van der Waals surface area (Å²) in [5, 5.41) is 14.7. The quantitative estimate of drug-likeness (QED) is 0.781. The second-order valence-electron chi connectivity index (χ2n) is 5.76. The van der Waals surface area contributed by atoms with E-state index in [2.05, 4.69) is 20.8 Å². The Morgan fingerprint density at radius 1 is 1.31 bits per heavy atom. The van der Waals surface area contributed by atoms with Crippen LogP contribution < -0.4 is 14.8 Å². The molecule has 0 radical (unpaired) electrons. The number of esters is 1. The monoisotopic (exact) mass is 359 g/mol. The number of allylic oxidation sites excluding steroid dienone is 1. The van der Waals surface area contributed by atoms with Gasteiger partial charge in [0.15, 0.2) is 11.5 Å². The molecule has 138 valence electrons. The Balaban J connectivity index is 2.09. The van der Waals surface area contributed by atoms with Crippen LogP contribution in [0.2, 0.25) is 0 Å². The van der Waals surface area contributed by atoms with Gasteiger partial charge in [0.25, 0.3) is 0 Å². The highest BCUT2D eigenvalue weighted by Gasteiger charge is 2.35. The van der Waals surface area contributed by atoms with Gasteiger partial charge >= 0.3 is 5.97 Å². The van der Waals surface area contributed by atoms with Crippen LogP contribution in [0.25, 0.3) is 0 Å². The molecule has 0 saturated carbocycles. The zero-order chi connectivity index (χ0) is 18.7. The molecule has 0 aliphatic carbocycles. The fourth-order valence-corrected chi connectivity index (χ4v) is 2.88. The average Bonchev–Trinajstić information content (AvgIpc) is 3.12. The molecule has 1 aliphatic rings. The Morgan fingerprint density at radius 2 is 2.12 bits per heavy atom. The lowest BCUT2D eigenvalue weighted by Gasteiger charge is -2.27. The van der Waals surface area contributed by atoms with Crippen molar-refractivity contribution < 1.29 is 19.0 Å². The van der Waals surface area contributed by atoms with Gasteiger partial charge in [0.2, 0.25) is 5.95 Å². The van der Waals surface area contributed by atoms with Crippen LogP contribution in [0, 0.1) is 0 Å². The van der Waals surface area contributed by atoms with Crippen molar-refractivity contribution in [1.29, 1.82) is 0 Å². The van der Waals surface area contributed by atoms with Crippen molar-refractivity contribution in [2.24, 2.45) is 0 Å². The predicted octanol–water partition coefficient (Wildman–Crippen LogP) is 1.93. The fraction of sp³-hybridized carbons (Fsp3) is 0.412. The minimum Gasteiger partial charge on any atom is -0.493 e. The third-order valence-electron chi connectivity index (χ3n) is 4.08. The first-order valence-electron chi connectivity index (χ1n) is 8.25. The molecule has 2 heterocycles. The van der Waals surface area contributed by atoms with Crippen LogP contribution in [0.1, 0.15) is 31.9 Å². The molecule has 26 heavy (non-hydrogen) atoms.